The van der Waals surface area contributed by atoms with Gasteiger partial charge in [-0.3, -0.25) is 14.5 Å². The van der Waals surface area contributed by atoms with Crippen molar-refractivity contribution in [2.45, 2.75) is 19.4 Å². The molecule has 0 aromatic carbocycles. The number of hydrogen-bond donors (Lipinski definition) is 2. The molecular formula is C12H22N4O2. The number of rotatable bonds is 3. The van der Waals surface area contributed by atoms with Gasteiger partial charge in [0, 0.05) is 39.3 Å². The van der Waals surface area contributed by atoms with Crippen LogP contribution in [0.2, 0.25) is 0 Å². The lowest BCUT2D eigenvalue weighted by molar-refractivity contribution is -0.144. The largest absolute Gasteiger partial charge is 0.353 e. The highest BCUT2D eigenvalue weighted by molar-refractivity contribution is 5.89. The number of hydrogen-bond acceptors (Lipinski definition) is 4. The third-order valence-electron chi connectivity index (χ3n) is 3.61. The number of carbonyl (C=O) groups excluding carboxylic acids is 2. The quantitative estimate of drug-likeness (QED) is 0.652. The van der Waals surface area contributed by atoms with Crippen molar-refractivity contribution in [2.24, 2.45) is 0 Å². The fourth-order valence-electron chi connectivity index (χ4n) is 2.57. The topological polar surface area (TPSA) is 64.7 Å². The summed E-state index contributed by atoms with van der Waals surface area (Å²) >= 11 is 0. The van der Waals surface area contributed by atoms with E-state index in [4.69, 9.17) is 0 Å². The molecule has 18 heavy (non-hydrogen) atoms. The number of amides is 2. The highest BCUT2D eigenvalue weighted by atomic mass is 16.2. The first-order chi connectivity index (χ1) is 8.72. The average molecular weight is 254 g/mol. The molecule has 6 nitrogen and oxygen atoms in total. The minimum absolute atomic E-state index is 0.0163. The predicted octanol–water partition coefficient (Wildman–Crippen LogP) is -1.37. The Morgan fingerprint density at radius 3 is 2.67 bits per heavy atom. The maximum absolute atomic E-state index is 12.3. The molecule has 6 heteroatoms. The first kappa shape index (κ1) is 13.3. The van der Waals surface area contributed by atoms with Crippen LogP contribution in [0.4, 0.5) is 0 Å². The fraction of sp³-hybridized carbons (Fsp3) is 0.833. The molecule has 2 fully saturated rings. The van der Waals surface area contributed by atoms with Crippen molar-refractivity contribution >= 4 is 11.8 Å². The molecule has 0 aliphatic carbocycles. The van der Waals surface area contributed by atoms with E-state index in [1.807, 2.05) is 6.92 Å². The van der Waals surface area contributed by atoms with E-state index in [-0.39, 0.29) is 17.9 Å². The lowest BCUT2D eigenvalue weighted by Crippen LogP contribution is -2.59. The van der Waals surface area contributed by atoms with Gasteiger partial charge in [0.25, 0.3) is 0 Å². The second-order valence-corrected chi connectivity index (χ2v) is 4.83. The van der Waals surface area contributed by atoms with Gasteiger partial charge in [0.2, 0.25) is 11.8 Å². The van der Waals surface area contributed by atoms with Crippen LogP contribution in [0.25, 0.3) is 0 Å². The average Bonchev–Trinajstić information content (AvgIpc) is 2.39. The summed E-state index contributed by atoms with van der Waals surface area (Å²) in [5.41, 5.74) is 0. The van der Waals surface area contributed by atoms with Gasteiger partial charge >= 0.3 is 0 Å². The third-order valence-corrected chi connectivity index (χ3v) is 3.61. The molecule has 0 aromatic rings. The minimum Gasteiger partial charge on any atom is -0.353 e. The Balaban J connectivity index is 1.91. The van der Waals surface area contributed by atoms with Crippen LogP contribution in [0.15, 0.2) is 0 Å². The van der Waals surface area contributed by atoms with Gasteiger partial charge in [-0.1, -0.05) is 6.92 Å². The Bertz CT molecular complexity index is 315. The van der Waals surface area contributed by atoms with Crippen molar-refractivity contribution in [3.05, 3.63) is 0 Å². The molecule has 0 spiro atoms. The highest BCUT2D eigenvalue weighted by Gasteiger charge is 2.32. The monoisotopic (exact) mass is 254 g/mol. The summed E-state index contributed by atoms with van der Waals surface area (Å²) in [7, 11) is 0. The van der Waals surface area contributed by atoms with E-state index in [0.29, 0.717) is 26.1 Å². The molecule has 1 unspecified atom stereocenters. The fourth-order valence-corrected chi connectivity index (χ4v) is 2.57. The maximum Gasteiger partial charge on any atom is 0.242 e. The minimum atomic E-state index is -0.283. The molecular weight excluding hydrogens is 232 g/mol. The standard InChI is InChI=1S/C12H22N4O2/c1-2-10-12(18)14-5-8-16(10)11(17)9-15-6-3-13-4-7-15/h10,13H,2-9H2,1H3,(H,14,18). The zero-order valence-corrected chi connectivity index (χ0v) is 10.9. The number of carbonyl (C=O) groups is 2. The molecule has 0 radical (unpaired) electrons. The van der Waals surface area contributed by atoms with E-state index >= 15 is 0 Å². The SMILES string of the molecule is CCC1C(=O)NCCN1C(=O)CN1CCNCC1. The van der Waals surface area contributed by atoms with E-state index in [0.717, 1.165) is 26.2 Å². The molecule has 2 aliphatic rings. The number of nitrogens with zero attached hydrogens (tertiary/aromatic N) is 2. The first-order valence-electron chi connectivity index (χ1n) is 6.72. The molecule has 0 aromatic heterocycles. The summed E-state index contributed by atoms with van der Waals surface area (Å²) in [6, 6.07) is -0.283. The molecule has 2 saturated heterocycles. The molecule has 0 saturated carbocycles. The van der Waals surface area contributed by atoms with Crippen LogP contribution in [-0.4, -0.2) is 73.5 Å². The van der Waals surface area contributed by atoms with E-state index in [9.17, 15) is 9.59 Å². The second kappa shape index (κ2) is 6.15. The lowest BCUT2D eigenvalue weighted by atomic mass is 10.1. The Hall–Kier alpha value is -1.14. The summed E-state index contributed by atoms with van der Waals surface area (Å²) in [6.45, 7) is 7.27. The summed E-state index contributed by atoms with van der Waals surface area (Å²) in [4.78, 5) is 27.9. The zero-order chi connectivity index (χ0) is 13.0. The van der Waals surface area contributed by atoms with Crippen LogP contribution >= 0.6 is 0 Å². The highest BCUT2D eigenvalue weighted by Crippen LogP contribution is 2.09. The van der Waals surface area contributed by atoms with Gasteiger partial charge in [0.1, 0.15) is 6.04 Å². The van der Waals surface area contributed by atoms with Crippen molar-refractivity contribution in [1.29, 1.82) is 0 Å². The van der Waals surface area contributed by atoms with Crippen molar-refractivity contribution in [3.8, 4) is 0 Å². The van der Waals surface area contributed by atoms with Crippen molar-refractivity contribution in [1.82, 2.24) is 20.4 Å². The van der Waals surface area contributed by atoms with Gasteiger partial charge in [-0.2, -0.15) is 0 Å². The van der Waals surface area contributed by atoms with E-state index in [1.165, 1.54) is 0 Å². The smallest absolute Gasteiger partial charge is 0.242 e. The van der Waals surface area contributed by atoms with Crippen LogP contribution in [0.5, 0.6) is 0 Å². The van der Waals surface area contributed by atoms with E-state index in [1.54, 1.807) is 4.90 Å². The molecule has 2 rings (SSSR count). The van der Waals surface area contributed by atoms with Gasteiger partial charge in [-0.25, -0.2) is 0 Å². The Labute approximate surface area is 108 Å². The van der Waals surface area contributed by atoms with Gasteiger partial charge in [-0.15, -0.1) is 0 Å². The molecule has 2 amide bonds. The maximum atomic E-state index is 12.3. The molecule has 102 valence electrons. The first-order valence-corrected chi connectivity index (χ1v) is 6.72. The Kier molecular flexibility index (Phi) is 4.54. The summed E-state index contributed by atoms with van der Waals surface area (Å²) in [6.07, 6.45) is 0.680. The summed E-state index contributed by atoms with van der Waals surface area (Å²) < 4.78 is 0. The van der Waals surface area contributed by atoms with Crippen LogP contribution in [-0.2, 0) is 9.59 Å². The Morgan fingerprint density at radius 1 is 1.28 bits per heavy atom. The van der Waals surface area contributed by atoms with Crippen LogP contribution in [0.1, 0.15) is 13.3 Å². The van der Waals surface area contributed by atoms with E-state index < -0.39 is 0 Å². The third kappa shape index (κ3) is 3.00. The molecule has 1 atom stereocenters. The summed E-state index contributed by atoms with van der Waals surface area (Å²) in [5, 5.41) is 6.08. The van der Waals surface area contributed by atoms with Gasteiger partial charge in [0.15, 0.2) is 0 Å². The van der Waals surface area contributed by atoms with Gasteiger partial charge in [0.05, 0.1) is 6.54 Å². The molecule has 2 heterocycles. The molecule has 0 bridgehead atoms. The van der Waals surface area contributed by atoms with Gasteiger partial charge in [-0.05, 0) is 6.42 Å². The predicted molar refractivity (Wildman–Crippen MR) is 68.1 cm³/mol. The zero-order valence-electron chi connectivity index (χ0n) is 10.9. The van der Waals surface area contributed by atoms with Crippen LogP contribution in [0, 0.1) is 0 Å². The molecule has 2 N–H and O–H groups in total. The van der Waals surface area contributed by atoms with Crippen molar-refractivity contribution in [3.63, 3.8) is 0 Å². The number of nitrogens with one attached hydrogen (secondary N) is 2. The van der Waals surface area contributed by atoms with Crippen molar-refractivity contribution < 1.29 is 9.59 Å². The van der Waals surface area contributed by atoms with Crippen LogP contribution < -0.4 is 10.6 Å². The van der Waals surface area contributed by atoms with Gasteiger partial charge < -0.3 is 15.5 Å². The Morgan fingerprint density at radius 2 is 2.00 bits per heavy atom. The second-order valence-electron chi connectivity index (χ2n) is 4.83. The number of piperazine rings is 2. The normalized spacial score (nSPS) is 25.9. The van der Waals surface area contributed by atoms with Crippen LogP contribution in [0.3, 0.4) is 0 Å². The van der Waals surface area contributed by atoms with E-state index in [2.05, 4.69) is 15.5 Å². The lowest BCUT2D eigenvalue weighted by Gasteiger charge is -2.36. The molecule has 2 aliphatic heterocycles. The summed E-state index contributed by atoms with van der Waals surface area (Å²) in [5.74, 6) is 0.0658. The van der Waals surface area contributed by atoms with Crippen molar-refractivity contribution in [2.75, 3.05) is 45.8 Å².